The average molecular weight is 592 g/mol. The second-order valence-corrected chi connectivity index (χ2v) is 11.2. The third kappa shape index (κ3) is 7.61. The van der Waals surface area contributed by atoms with Gasteiger partial charge >= 0.3 is 6.03 Å². The number of halogens is 1. The van der Waals surface area contributed by atoms with Crippen LogP contribution < -0.4 is 20.9 Å². The summed E-state index contributed by atoms with van der Waals surface area (Å²) in [5, 5.41) is 8.77. The number of carbonyl (C=O) groups excluding carboxylic acids is 2. The van der Waals surface area contributed by atoms with Crippen molar-refractivity contribution in [2.45, 2.75) is 38.2 Å². The van der Waals surface area contributed by atoms with E-state index in [0.29, 0.717) is 29.4 Å². The molecule has 0 radical (unpaired) electrons. The van der Waals surface area contributed by atoms with Crippen LogP contribution in [0.2, 0.25) is 0 Å². The van der Waals surface area contributed by atoms with Crippen molar-refractivity contribution in [1.82, 2.24) is 5.32 Å². The van der Waals surface area contributed by atoms with Gasteiger partial charge in [-0.3, -0.25) is 4.79 Å². The van der Waals surface area contributed by atoms with Crippen molar-refractivity contribution in [2.24, 2.45) is 5.92 Å². The summed E-state index contributed by atoms with van der Waals surface area (Å²) in [4.78, 5) is 28.4. The Morgan fingerprint density at radius 3 is 2.33 bits per heavy atom. The number of anilines is 3. The second kappa shape index (κ2) is 13.1. The van der Waals surface area contributed by atoms with Crippen LogP contribution in [-0.2, 0) is 11.2 Å². The molecule has 204 valence electrons. The topological polar surface area (TPSA) is 82.7 Å². The number of nitrogens with zero attached hydrogens (tertiary/aromatic N) is 1. The van der Waals surface area contributed by atoms with Gasteiger partial charge < -0.3 is 25.6 Å². The van der Waals surface area contributed by atoms with Crippen LogP contribution in [0.3, 0.4) is 0 Å². The van der Waals surface area contributed by atoms with Gasteiger partial charge in [-0.1, -0.05) is 46.3 Å². The van der Waals surface area contributed by atoms with E-state index in [2.05, 4.69) is 67.1 Å². The minimum absolute atomic E-state index is 0.0594. The van der Waals surface area contributed by atoms with Crippen LogP contribution in [0, 0.1) is 5.92 Å². The molecule has 1 unspecified atom stereocenters. The molecule has 0 aliphatic carbocycles. The molecule has 2 aliphatic heterocycles. The summed E-state index contributed by atoms with van der Waals surface area (Å²) in [6.07, 6.45) is 5.27. The van der Waals surface area contributed by atoms with Crippen molar-refractivity contribution in [2.75, 3.05) is 41.8 Å². The van der Waals surface area contributed by atoms with Gasteiger partial charge in [-0.15, -0.1) is 0 Å². The number of hydrogen-bond acceptors (Lipinski definition) is 4. The summed E-state index contributed by atoms with van der Waals surface area (Å²) in [5.41, 5.74) is 4.09. The Morgan fingerprint density at radius 2 is 1.62 bits per heavy atom. The molecule has 0 spiro atoms. The maximum Gasteiger partial charge on any atom is 0.323 e. The highest BCUT2D eigenvalue weighted by molar-refractivity contribution is 9.10. The van der Waals surface area contributed by atoms with Gasteiger partial charge in [0.2, 0.25) is 0 Å². The lowest BCUT2D eigenvalue weighted by molar-refractivity contribution is 0.0858. The van der Waals surface area contributed by atoms with E-state index in [-0.39, 0.29) is 18.0 Å². The fourth-order valence-electron chi connectivity index (χ4n) is 5.33. The minimum atomic E-state index is -0.363. The van der Waals surface area contributed by atoms with Crippen LogP contribution in [0.1, 0.15) is 41.6 Å². The predicted molar refractivity (Wildman–Crippen MR) is 160 cm³/mol. The van der Waals surface area contributed by atoms with Gasteiger partial charge in [-0.25, -0.2) is 4.79 Å². The van der Waals surface area contributed by atoms with Gasteiger partial charge in [-0.05, 0) is 86.1 Å². The molecule has 1 atom stereocenters. The fraction of sp³-hybridized carbons (Fsp3) is 0.355. The summed E-state index contributed by atoms with van der Waals surface area (Å²) >= 11 is 3.40. The second-order valence-electron chi connectivity index (χ2n) is 10.3. The van der Waals surface area contributed by atoms with Crippen LogP contribution in [0.25, 0.3) is 0 Å². The van der Waals surface area contributed by atoms with Crippen LogP contribution in [0.15, 0.2) is 77.3 Å². The number of carbonyl (C=O) groups is 2. The first-order valence-corrected chi connectivity index (χ1v) is 14.5. The van der Waals surface area contributed by atoms with Crippen LogP contribution in [0.4, 0.5) is 21.9 Å². The highest BCUT2D eigenvalue weighted by Crippen LogP contribution is 2.30. The number of hydrogen-bond donors (Lipinski definition) is 3. The van der Waals surface area contributed by atoms with Gasteiger partial charge in [0.05, 0.1) is 11.7 Å². The summed E-state index contributed by atoms with van der Waals surface area (Å²) < 4.78 is 6.63. The standard InChI is InChI=1S/C31H35BrN4O3/c32-24-8-10-25(11-9-24)34-31(38)35-26-12-13-29(28(20-26)30(37)33-21-27-7-4-18-39-27)36-16-14-23(15-17-36)19-22-5-2-1-3-6-22/h1-3,5-6,8-13,20,23,27H,4,7,14-19,21H2,(H,33,37)(H2,34,35,38). The van der Waals surface area contributed by atoms with Crippen molar-refractivity contribution in [3.05, 3.63) is 88.4 Å². The molecule has 3 aromatic carbocycles. The van der Waals surface area contributed by atoms with Crippen LogP contribution in [0.5, 0.6) is 0 Å². The molecule has 2 saturated heterocycles. The van der Waals surface area contributed by atoms with Crippen molar-refractivity contribution >= 4 is 44.9 Å². The highest BCUT2D eigenvalue weighted by atomic mass is 79.9. The van der Waals surface area contributed by atoms with Crippen molar-refractivity contribution < 1.29 is 14.3 Å². The molecular weight excluding hydrogens is 556 g/mol. The molecule has 3 N–H and O–H groups in total. The number of ether oxygens (including phenoxy) is 1. The van der Waals surface area contributed by atoms with Gasteiger partial charge in [0.25, 0.3) is 5.91 Å². The van der Waals surface area contributed by atoms with Crippen molar-refractivity contribution in [3.63, 3.8) is 0 Å². The molecular formula is C31H35BrN4O3. The highest BCUT2D eigenvalue weighted by Gasteiger charge is 2.25. The lowest BCUT2D eigenvalue weighted by atomic mass is 9.89. The van der Waals surface area contributed by atoms with Gasteiger partial charge in [0, 0.05) is 47.8 Å². The van der Waals surface area contributed by atoms with Crippen LogP contribution in [-0.4, -0.2) is 44.3 Å². The average Bonchev–Trinajstić information content (AvgIpc) is 3.48. The minimum Gasteiger partial charge on any atom is -0.376 e. The summed E-state index contributed by atoms with van der Waals surface area (Å²) in [6, 6.07) is 23.2. The number of amides is 3. The quantitative estimate of drug-likeness (QED) is 0.281. The number of nitrogens with one attached hydrogen (secondary N) is 3. The molecule has 5 rings (SSSR count). The molecule has 0 aromatic heterocycles. The van der Waals surface area contributed by atoms with E-state index in [1.165, 1.54) is 5.56 Å². The zero-order valence-corrected chi connectivity index (χ0v) is 23.6. The zero-order chi connectivity index (χ0) is 27.0. The number of benzene rings is 3. The summed E-state index contributed by atoms with van der Waals surface area (Å²) in [5.74, 6) is 0.479. The van der Waals surface area contributed by atoms with E-state index >= 15 is 0 Å². The van der Waals surface area contributed by atoms with Gasteiger partial charge in [0.15, 0.2) is 0 Å². The smallest absolute Gasteiger partial charge is 0.323 e. The normalized spacial score (nSPS) is 17.6. The molecule has 3 aromatic rings. The van der Waals surface area contributed by atoms with E-state index in [4.69, 9.17) is 4.74 Å². The Morgan fingerprint density at radius 1 is 0.897 bits per heavy atom. The van der Waals surface area contributed by atoms with Gasteiger partial charge in [0.1, 0.15) is 0 Å². The fourth-order valence-corrected chi connectivity index (χ4v) is 5.59. The van der Waals surface area contributed by atoms with E-state index in [9.17, 15) is 9.59 Å². The molecule has 0 saturated carbocycles. The maximum absolute atomic E-state index is 13.4. The Kier molecular flexibility index (Phi) is 9.16. The van der Waals surface area contributed by atoms with Gasteiger partial charge in [-0.2, -0.15) is 0 Å². The molecule has 2 aliphatic rings. The number of piperidine rings is 1. The molecule has 8 heteroatoms. The number of urea groups is 1. The van der Waals surface area contributed by atoms with E-state index in [1.54, 1.807) is 6.07 Å². The Bertz CT molecular complexity index is 1250. The molecule has 2 fully saturated rings. The van der Waals surface area contributed by atoms with Crippen molar-refractivity contribution in [3.8, 4) is 0 Å². The van der Waals surface area contributed by atoms with Crippen LogP contribution >= 0.6 is 15.9 Å². The van der Waals surface area contributed by atoms with E-state index < -0.39 is 0 Å². The van der Waals surface area contributed by atoms with E-state index in [1.807, 2.05) is 36.4 Å². The molecule has 7 nitrogen and oxygen atoms in total. The zero-order valence-electron chi connectivity index (χ0n) is 22.0. The maximum atomic E-state index is 13.4. The Hall–Kier alpha value is -3.36. The molecule has 0 bridgehead atoms. The monoisotopic (exact) mass is 590 g/mol. The Labute approximate surface area is 238 Å². The first-order chi connectivity index (χ1) is 19.0. The lowest BCUT2D eigenvalue weighted by Crippen LogP contribution is -2.37. The summed E-state index contributed by atoms with van der Waals surface area (Å²) in [7, 11) is 0. The molecule has 3 amide bonds. The third-order valence-electron chi connectivity index (χ3n) is 7.44. The first-order valence-electron chi connectivity index (χ1n) is 13.7. The predicted octanol–water partition coefficient (Wildman–Crippen LogP) is 6.46. The lowest BCUT2D eigenvalue weighted by Gasteiger charge is -2.35. The SMILES string of the molecule is O=C(Nc1ccc(Br)cc1)Nc1ccc(N2CCC(Cc3ccccc3)CC2)c(C(=O)NCC2CCCO2)c1. The first kappa shape index (κ1) is 27.2. The molecule has 39 heavy (non-hydrogen) atoms. The summed E-state index contributed by atoms with van der Waals surface area (Å²) in [6.45, 7) is 3.01. The Balaban J connectivity index is 1.27. The van der Waals surface area contributed by atoms with E-state index in [0.717, 1.165) is 62.0 Å². The van der Waals surface area contributed by atoms with Crippen molar-refractivity contribution in [1.29, 1.82) is 0 Å². The third-order valence-corrected chi connectivity index (χ3v) is 7.97. The largest absolute Gasteiger partial charge is 0.376 e. The molecule has 2 heterocycles. The number of rotatable bonds is 8.